The molecular formula is C32H28F5N7O8. The predicted molar refractivity (Wildman–Crippen MR) is 165 cm³/mol. The number of hydrogen-bond acceptors (Lipinski definition) is 12. The van der Waals surface area contributed by atoms with Crippen molar-refractivity contribution in [3.8, 4) is 28.3 Å². The second kappa shape index (κ2) is 15.6. The first kappa shape index (κ1) is 37.4. The summed E-state index contributed by atoms with van der Waals surface area (Å²) in [7, 11) is 0. The van der Waals surface area contributed by atoms with Gasteiger partial charge in [-0.15, -0.1) is 15.0 Å². The van der Waals surface area contributed by atoms with Gasteiger partial charge < -0.3 is 19.1 Å². The van der Waals surface area contributed by atoms with Crippen LogP contribution in [0, 0.1) is 0 Å². The monoisotopic (exact) mass is 733 g/mol. The van der Waals surface area contributed by atoms with Gasteiger partial charge >= 0.3 is 24.2 Å². The fraction of sp³-hybridized carbons (Fsp3) is 0.250. The number of halogens is 5. The maximum Gasteiger partial charge on any atom is 0.515 e. The molecule has 20 heteroatoms. The van der Waals surface area contributed by atoms with Crippen LogP contribution in [0.4, 0.5) is 26.7 Å². The molecule has 274 valence electrons. The highest BCUT2D eigenvalue weighted by Crippen LogP contribution is 2.45. The Kier molecular flexibility index (Phi) is 11.2. The van der Waals surface area contributed by atoms with Crippen LogP contribution in [0.3, 0.4) is 0 Å². The summed E-state index contributed by atoms with van der Waals surface area (Å²) in [5.74, 6) is -7.51. The van der Waals surface area contributed by atoms with Gasteiger partial charge in [0.2, 0.25) is 12.6 Å². The normalized spacial score (nSPS) is 11.9. The number of carbonyl (C=O) groups excluding carboxylic acids is 1. The van der Waals surface area contributed by atoms with Gasteiger partial charge in [-0.3, -0.25) is 10.4 Å². The molecular weight excluding hydrogens is 705 g/mol. The molecule has 3 N–H and O–H groups in total. The van der Waals surface area contributed by atoms with Crippen LogP contribution in [-0.2, 0) is 41.8 Å². The van der Waals surface area contributed by atoms with Gasteiger partial charge in [0.25, 0.3) is 0 Å². The van der Waals surface area contributed by atoms with Crippen molar-refractivity contribution in [2.75, 3.05) is 0 Å². The predicted octanol–water partition coefficient (Wildman–Crippen LogP) is 6.24. The number of imidazole rings is 1. The zero-order valence-corrected chi connectivity index (χ0v) is 26.9. The first-order valence-electron chi connectivity index (χ1n) is 15.2. The molecule has 0 aliphatic carbocycles. The summed E-state index contributed by atoms with van der Waals surface area (Å²) in [5.41, 5.74) is -0.678. The number of ether oxygens (including phenoxy) is 2. The maximum atomic E-state index is 14.4. The summed E-state index contributed by atoms with van der Waals surface area (Å²) in [6, 6.07) is 19.4. The molecule has 0 aliphatic rings. The molecule has 0 unspecified atom stereocenters. The quantitative estimate of drug-likeness (QED) is 0.0504. The lowest BCUT2D eigenvalue weighted by atomic mass is 9.98. The van der Waals surface area contributed by atoms with E-state index in [1.807, 2.05) is 0 Å². The van der Waals surface area contributed by atoms with E-state index in [-0.39, 0.29) is 37.0 Å². The van der Waals surface area contributed by atoms with Crippen LogP contribution in [-0.4, -0.2) is 69.0 Å². The highest BCUT2D eigenvalue weighted by atomic mass is 19.4. The van der Waals surface area contributed by atoms with Gasteiger partial charge in [0.05, 0.1) is 5.39 Å². The molecule has 52 heavy (non-hydrogen) atoms. The van der Waals surface area contributed by atoms with Crippen molar-refractivity contribution in [3.05, 3.63) is 101 Å². The standard InChI is InChI=1S/C32H28F5N7O8/c1-2-7-25-38-27(31(33,34)32(35,36)37)26(29(45)46)42(25)16-19-12-14-20(15-13-19)22-9-4-5-10-23(22)28-39-41-43(40-28)18-50-30(47)52-24-11-6-3-8-21(24)17-51-44(48)49/h3-6,8-15,48-49H,2,7,16-18H2,1H3,(H,45,46). The number of tetrazole rings is 1. The topological polar surface area (TPSA) is 187 Å². The molecule has 0 fully saturated rings. The molecule has 0 aliphatic heterocycles. The molecule has 0 saturated heterocycles. The Hall–Kier alpha value is -5.83. The van der Waals surface area contributed by atoms with Gasteiger partial charge in [0.15, 0.2) is 11.4 Å². The Labute approximate surface area is 289 Å². The van der Waals surface area contributed by atoms with Gasteiger partial charge in [-0.2, -0.15) is 22.0 Å². The van der Waals surface area contributed by atoms with Crippen LogP contribution in [0.1, 0.15) is 46.5 Å². The summed E-state index contributed by atoms with van der Waals surface area (Å²) in [5, 5.41) is 38.9. The molecule has 0 radical (unpaired) electrons. The van der Waals surface area contributed by atoms with E-state index in [1.165, 1.54) is 12.1 Å². The zero-order valence-electron chi connectivity index (χ0n) is 26.9. The number of alkyl halides is 5. The third kappa shape index (κ3) is 8.37. The Morgan fingerprint density at radius 3 is 2.25 bits per heavy atom. The lowest BCUT2D eigenvalue weighted by Gasteiger charge is -2.18. The molecule has 3 aromatic carbocycles. The van der Waals surface area contributed by atoms with Gasteiger partial charge in [-0.25, -0.2) is 19.4 Å². The fourth-order valence-electron chi connectivity index (χ4n) is 5.04. The molecule has 0 amide bonds. The van der Waals surface area contributed by atoms with E-state index in [2.05, 4.69) is 25.2 Å². The number of para-hydroxylation sites is 1. The second-order valence-corrected chi connectivity index (χ2v) is 10.9. The van der Waals surface area contributed by atoms with Crippen LogP contribution < -0.4 is 4.74 Å². The molecule has 0 bridgehead atoms. The van der Waals surface area contributed by atoms with Gasteiger partial charge in [0.1, 0.15) is 18.2 Å². The zero-order chi connectivity index (χ0) is 37.6. The molecule has 2 aromatic heterocycles. The van der Waals surface area contributed by atoms with Crippen molar-refractivity contribution in [2.45, 2.75) is 51.7 Å². The Balaban J connectivity index is 1.32. The number of rotatable bonds is 14. The number of nitrogens with zero attached hydrogens (tertiary/aromatic N) is 7. The summed E-state index contributed by atoms with van der Waals surface area (Å²) in [6.07, 6.45) is -6.92. The number of aromatic nitrogens is 6. The molecule has 0 atom stereocenters. The van der Waals surface area contributed by atoms with Gasteiger partial charge in [-0.1, -0.05) is 73.7 Å². The minimum absolute atomic E-state index is 0.0306. The number of aryl methyl sites for hydroxylation is 1. The summed E-state index contributed by atoms with van der Waals surface area (Å²) < 4.78 is 79.5. The average Bonchev–Trinajstić information content (AvgIpc) is 3.72. The van der Waals surface area contributed by atoms with Crippen molar-refractivity contribution in [1.82, 2.24) is 35.1 Å². The first-order valence-corrected chi connectivity index (χ1v) is 15.2. The van der Waals surface area contributed by atoms with E-state index in [0.717, 1.165) is 9.36 Å². The van der Waals surface area contributed by atoms with Crippen molar-refractivity contribution in [1.29, 1.82) is 0 Å². The van der Waals surface area contributed by atoms with E-state index in [9.17, 15) is 36.6 Å². The molecule has 2 heterocycles. The van der Waals surface area contributed by atoms with Crippen molar-refractivity contribution in [2.24, 2.45) is 0 Å². The Bertz CT molecular complexity index is 2030. The third-order valence-electron chi connectivity index (χ3n) is 7.40. The molecule has 5 aromatic rings. The van der Waals surface area contributed by atoms with Gasteiger partial charge in [0, 0.05) is 24.1 Å². The number of hydrogen-bond donors (Lipinski definition) is 3. The minimum atomic E-state index is -6.05. The molecule has 15 nitrogen and oxygen atoms in total. The van der Waals surface area contributed by atoms with E-state index >= 15 is 0 Å². The number of carboxylic acid groups (broad SMARTS) is 1. The smallest absolute Gasteiger partial charge is 0.477 e. The number of aromatic carboxylic acids is 1. The molecule has 0 saturated carbocycles. The summed E-state index contributed by atoms with van der Waals surface area (Å²) in [6.45, 7) is 0.470. The van der Waals surface area contributed by atoms with Crippen LogP contribution >= 0.6 is 0 Å². The third-order valence-corrected chi connectivity index (χ3v) is 7.40. The van der Waals surface area contributed by atoms with E-state index < -0.39 is 47.7 Å². The first-order chi connectivity index (χ1) is 24.7. The fourth-order valence-corrected chi connectivity index (χ4v) is 5.04. The second-order valence-electron chi connectivity index (χ2n) is 10.9. The van der Waals surface area contributed by atoms with Gasteiger partial charge in [-0.05, 0) is 34.4 Å². The van der Waals surface area contributed by atoms with E-state index in [0.29, 0.717) is 34.2 Å². The Morgan fingerprint density at radius 2 is 1.60 bits per heavy atom. The highest BCUT2D eigenvalue weighted by molar-refractivity contribution is 5.87. The lowest BCUT2D eigenvalue weighted by molar-refractivity contribution is -0.497. The molecule has 5 rings (SSSR count). The van der Waals surface area contributed by atoms with E-state index in [1.54, 1.807) is 67.6 Å². The van der Waals surface area contributed by atoms with Crippen LogP contribution in [0.25, 0.3) is 22.5 Å². The van der Waals surface area contributed by atoms with Crippen molar-refractivity contribution < 1.29 is 61.4 Å². The SMILES string of the molecule is CCCc1nc(C(F)(F)C(F)(F)F)c(C(=O)O)n1Cc1ccc(-c2ccccc2-c2nnn(COC(=O)Oc3ccccc3CON(O)O)n2)cc1. The van der Waals surface area contributed by atoms with Crippen LogP contribution in [0.15, 0.2) is 72.8 Å². The number of carbonyl (C=O) groups is 2. The molecule has 0 spiro atoms. The van der Waals surface area contributed by atoms with Crippen molar-refractivity contribution in [3.63, 3.8) is 0 Å². The summed E-state index contributed by atoms with van der Waals surface area (Å²) in [4.78, 5) is 33.3. The van der Waals surface area contributed by atoms with Crippen LogP contribution in [0.5, 0.6) is 5.75 Å². The largest absolute Gasteiger partial charge is 0.515 e. The highest BCUT2D eigenvalue weighted by Gasteiger charge is 2.62. The number of carboxylic acids is 1. The lowest BCUT2D eigenvalue weighted by Crippen LogP contribution is -2.35. The minimum Gasteiger partial charge on any atom is -0.477 e. The summed E-state index contributed by atoms with van der Waals surface area (Å²) >= 11 is 0. The number of benzene rings is 3. The van der Waals surface area contributed by atoms with Crippen LogP contribution in [0.2, 0.25) is 0 Å². The maximum absolute atomic E-state index is 14.4. The van der Waals surface area contributed by atoms with Crippen molar-refractivity contribution >= 4 is 12.1 Å². The van der Waals surface area contributed by atoms with E-state index in [4.69, 9.17) is 19.9 Å². The average molecular weight is 734 g/mol. The Morgan fingerprint density at radius 1 is 0.923 bits per heavy atom.